The van der Waals surface area contributed by atoms with E-state index in [1.165, 1.54) is 0 Å². The number of piperazine rings is 1. The Hall–Kier alpha value is -1.90. The molecule has 2 amide bonds. The minimum Gasteiger partial charge on any atom is -0.336 e. The van der Waals surface area contributed by atoms with E-state index in [2.05, 4.69) is 30.0 Å². The van der Waals surface area contributed by atoms with Crippen molar-refractivity contribution in [1.29, 1.82) is 0 Å². The fourth-order valence-corrected chi connectivity index (χ4v) is 3.46. The van der Waals surface area contributed by atoms with Crippen LogP contribution in [0.25, 0.3) is 0 Å². The summed E-state index contributed by atoms with van der Waals surface area (Å²) in [5, 5.41) is 8.20. The number of nitrogens with zero attached hydrogens (tertiary/aromatic N) is 4. The Balaban J connectivity index is 1.95. The molecule has 0 aliphatic carbocycles. The highest BCUT2D eigenvalue weighted by atomic mass is 16.2. The molecule has 2 aliphatic rings. The summed E-state index contributed by atoms with van der Waals surface area (Å²) in [6.07, 6.45) is 9.43. The zero-order valence-electron chi connectivity index (χ0n) is 15.0. The van der Waals surface area contributed by atoms with Crippen LogP contribution in [0.1, 0.15) is 59.3 Å². The first kappa shape index (κ1) is 18.4. The molecule has 1 saturated heterocycles. The molecule has 0 spiro atoms. The second-order valence-electron chi connectivity index (χ2n) is 6.73. The quantitative estimate of drug-likeness (QED) is 0.673. The van der Waals surface area contributed by atoms with Gasteiger partial charge in [0, 0.05) is 57.8 Å². The van der Waals surface area contributed by atoms with Crippen molar-refractivity contribution in [3.63, 3.8) is 0 Å². The van der Waals surface area contributed by atoms with Crippen molar-refractivity contribution in [2.45, 2.75) is 77.0 Å². The summed E-state index contributed by atoms with van der Waals surface area (Å²) in [4.78, 5) is 28.5. The molecule has 24 heavy (non-hydrogen) atoms. The highest BCUT2D eigenvalue weighted by Gasteiger charge is 2.41. The Labute approximate surface area is 144 Å². The van der Waals surface area contributed by atoms with Crippen LogP contribution in [-0.4, -0.2) is 52.5 Å². The standard InChI is InChI=1S/C18H28N4O2/c1-5-8-10-18(19-20-18)11-9-17(24)22-13-15(6-2)21(14(4)23)12-16(22)7-3/h1,15-16H,6-13H2,2-4H3. The molecule has 2 rings (SSSR count). The molecule has 132 valence electrons. The molecule has 6 heteroatoms. The zero-order valence-corrected chi connectivity index (χ0v) is 15.0. The van der Waals surface area contributed by atoms with Gasteiger partial charge in [0.1, 0.15) is 0 Å². The lowest BCUT2D eigenvalue weighted by Crippen LogP contribution is -2.60. The average Bonchev–Trinajstić information content (AvgIpc) is 3.36. The fourth-order valence-electron chi connectivity index (χ4n) is 3.46. The van der Waals surface area contributed by atoms with Crippen molar-refractivity contribution in [2.24, 2.45) is 10.2 Å². The molecular weight excluding hydrogens is 304 g/mol. The van der Waals surface area contributed by atoms with E-state index in [1.807, 2.05) is 9.80 Å². The zero-order chi connectivity index (χ0) is 17.7. The van der Waals surface area contributed by atoms with Gasteiger partial charge in [-0.25, -0.2) is 0 Å². The molecule has 0 N–H and O–H groups in total. The van der Waals surface area contributed by atoms with Gasteiger partial charge >= 0.3 is 0 Å². The van der Waals surface area contributed by atoms with Crippen LogP contribution in [0.5, 0.6) is 0 Å². The Morgan fingerprint density at radius 3 is 2.21 bits per heavy atom. The fraction of sp³-hybridized carbons (Fsp3) is 0.778. The van der Waals surface area contributed by atoms with Gasteiger partial charge in [0.25, 0.3) is 0 Å². The van der Waals surface area contributed by atoms with Crippen LogP contribution in [0.15, 0.2) is 10.2 Å². The summed E-state index contributed by atoms with van der Waals surface area (Å²) >= 11 is 0. The Morgan fingerprint density at radius 2 is 1.71 bits per heavy atom. The van der Waals surface area contributed by atoms with Crippen LogP contribution in [0, 0.1) is 12.3 Å². The topological polar surface area (TPSA) is 65.3 Å². The summed E-state index contributed by atoms with van der Waals surface area (Å²) in [7, 11) is 0. The first-order valence-electron chi connectivity index (χ1n) is 8.90. The molecule has 1 fully saturated rings. The molecule has 2 unspecified atom stereocenters. The van der Waals surface area contributed by atoms with Crippen LogP contribution >= 0.6 is 0 Å². The Bertz CT molecular complexity index is 546. The number of carbonyl (C=O) groups excluding carboxylic acids is 2. The molecule has 0 bridgehead atoms. The molecule has 2 heterocycles. The van der Waals surface area contributed by atoms with E-state index in [9.17, 15) is 9.59 Å². The van der Waals surface area contributed by atoms with E-state index in [0.29, 0.717) is 32.4 Å². The maximum absolute atomic E-state index is 12.8. The number of carbonyl (C=O) groups is 2. The van der Waals surface area contributed by atoms with Crippen LogP contribution in [0.3, 0.4) is 0 Å². The monoisotopic (exact) mass is 332 g/mol. The third-order valence-corrected chi connectivity index (χ3v) is 5.16. The maximum Gasteiger partial charge on any atom is 0.223 e. The molecule has 0 aromatic rings. The van der Waals surface area contributed by atoms with E-state index in [1.54, 1.807) is 6.92 Å². The highest BCUT2D eigenvalue weighted by Crippen LogP contribution is 2.38. The molecule has 2 aliphatic heterocycles. The van der Waals surface area contributed by atoms with Crippen LogP contribution < -0.4 is 0 Å². The first-order chi connectivity index (χ1) is 11.5. The summed E-state index contributed by atoms with van der Waals surface area (Å²) < 4.78 is 0. The van der Waals surface area contributed by atoms with Gasteiger partial charge in [-0.1, -0.05) is 13.8 Å². The first-order valence-corrected chi connectivity index (χ1v) is 8.90. The number of terminal acetylenes is 1. The second-order valence-corrected chi connectivity index (χ2v) is 6.73. The molecule has 0 aromatic carbocycles. The smallest absolute Gasteiger partial charge is 0.223 e. The minimum absolute atomic E-state index is 0.0937. The van der Waals surface area contributed by atoms with E-state index >= 15 is 0 Å². The highest BCUT2D eigenvalue weighted by molar-refractivity contribution is 5.78. The van der Waals surface area contributed by atoms with Crippen molar-refractivity contribution >= 4 is 11.8 Å². The van der Waals surface area contributed by atoms with Gasteiger partial charge in [-0.3, -0.25) is 9.59 Å². The van der Waals surface area contributed by atoms with Gasteiger partial charge in [-0.2, -0.15) is 10.2 Å². The average molecular weight is 332 g/mol. The van der Waals surface area contributed by atoms with Gasteiger partial charge in [0.15, 0.2) is 5.66 Å². The molecule has 2 atom stereocenters. The van der Waals surface area contributed by atoms with Crippen molar-refractivity contribution in [3.8, 4) is 12.3 Å². The van der Waals surface area contributed by atoms with Gasteiger partial charge in [0.2, 0.25) is 11.8 Å². The minimum atomic E-state index is -0.408. The SMILES string of the molecule is C#CCCC1(CCC(=O)N2CC(CC)N(C(C)=O)CC2CC)N=N1. The van der Waals surface area contributed by atoms with Crippen molar-refractivity contribution in [3.05, 3.63) is 0 Å². The van der Waals surface area contributed by atoms with Gasteiger partial charge in [-0.15, -0.1) is 12.3 Å². The predicted molar refractivity (Wildman–Crippen MR) is 92.1 cm³/mol. The summed E-state index contributed by atoms with van der Waals surface area (Å²) in [6.45, 7) is 6.99. The third-order valence-electron chi connectivity index (χ3n) is 5.16. The molecule has 0 radical (unpaired) electrons. The lowest BCUT2D eigenvalue weighted by atomic mass is 9.99. The van der Waals surface area contributed by atoms with Crippen molar-refractivity contribution < 1.29 is 9.59 Å². The lowest BCUT2D eigenvalue weighted by Gasteiger charge is -2.46. The number of rotatable bonds is 7. The van der Waals surface area contributed by atoms with Gasteiger partial charge in [0.05, 0.1) is 0 Å². The summed E-state index contributed by atoms with van der Waals surface area (Å²) in [5.41, 5.74) is -0.408. The molecule has 0 saturated carbocycles. The largest absolute Gasteiger partial charge is 0.336 e. The maximum atomic E-state index is 12.8. The molecule has 6 nitrogen and oxygen atoms in total. The van der Waals surface area contributed by atoms with Crippen molar-refractivity contribution in [2.75, 3.05) is 13.1 Å². The summed E-state index contributed by atoms with van der Waals surface area (Å²) in [5.74, 6) is 2.84. The predicted octanol–water partition coefficient (Wildman–Crippen LogP) is 2.59. The number of amides is 2. The Kier molecular flexibility index (Phi) is 5.98. The molecule has 0 aromatic heterocycles. The van der Waals surface area contributed by atoms with Gasteiger partial charge in [-0.05, 0) is 12.8 Å². The normalized spacial score (nSPS) is 24.6. The third kappa shape index (κ3) is 4.14. The van der Waals surface area contributed by atoms with E-state index in [4.69, 9.17) is 6.42 Å². The van der Waals surface area contributed by atoms with Crippen LogP contribution in [-0.2, 0) is 9.59 Å². The van der Waals surface area contributed by atoms with Gasteiger partial charge < -0.3 is 9.80 Å². The van der Waals surface area contributed by atoms with Crippen LogP contribution in [0.2, 0.25) is 0 Å². The van der Waals surface area contributed by atoms with Crippen molar-refractivity contribution in [1.82, 2.24) is 9.80 Å². The Morgan fingerprint density at radius 1 is 1.12 bits per heavy atom. The molecular formula is C18H28N4O2. The summed E-state index contributed by atoms with van der Waals surface area (Å²) in [6, 6.07) is 0.207. The van der Waals surface area contributed by atoms with E-state index in [0.717, 1.165) is 19.3 Å². The number of hydrogen-bond acceptors (Lipinski definition) is 4. The second kappa shape index (κ2) is 7.78. The number of hydrogen-bond donors (Lipinski definition) is 0. The lowest BCUT2D eigenvalue weighted by molar-refractivity contribution is -0.146. The van der Waals surface area contributed by atoms with Crippen LogP contribution in [0.4, 0.5) is 0 Å². The van der Waals surface area contributed by atoms with E-state index < -0.39 is 5.66 Å². The van der Waals surface area contributed by atoms with E-state index in [-0.39, 0.29) is 23.9 Å².